The number of para-hydroxylation sites is 2. The number of carbonyl (C=O) groups excluding carboxylic acids is 1. The zero-order chi connectivity index (χ0) is 14.2. The molecule has 3 nitrogen and oxygen atoms in total. The Hall–Kier alpha value is -2.07. The smallest absolute Gasteiger partial charge is 0.261 e. The lowest BCUT2D eigenvalue weighted by Gasteiger charge is -2.31. The van der Waals surface area contributed by atoms with Gasteiger partial charge in [-0.25, -0.2) is 0 Å². The zero-order valence-electron chi connectivity index (χ0n) is 11.6. The molecular weight excluding hydrogens is 280 g/mol. The highest BCUT2D eigenvalue weighted by Gasteiger charge is 2.31. The molecule has 0 spiro atoms. The van der Waals surface area contributed by atoms with Gasteiger partial charge < -0.3 is 5.32 Å². The summed E-state index contributed by atoms with van der Waals surface area (Å²) in [6, 6.07) is 8.21. The van der Waals surface area contributed by atoms with Gasteiger partial charge in [0.25, 0.3) is 5.91 Å². The number of benzene rings is 1. The SMILES string of the molecule is O=C1c2cscc2Nc2ccccc2N1C1C=CCCC1. The van der Waals surface area contributed by atoms with Crippen molar-refractivity contribution in [3.05, 3.63) is 52.7 Å². The summed E-state index contributed by atoms with van der Waals surface area (Å²) in [7, 11) is 0. The van der Waals surface area contributed by atoms with Gasteiger partial charge in [0, 0.05) is 10.8 Å². The van der Waals surface area contributed by atoms with Crippen molar-refractivity contribution in [2.75, 3.05) is 10.2 Å². The molecular formula is C17H16N2OS. The van der Waals surface area contributed by atoms with Crippen LogP contribution < -0.4 is 10.2 Å². The molecule has 0 radical (unpaired) electrons. The van der Waals surface area contributed by atoms with E-state index in [1.165, 1.54) is 0 Å². The Morgan fingerprint density at radius 2 is 2.10 bits per heavy atom. The number of carbonyl (C=O) groups is 1. The van der Waals surface area contributed by atoms with Gasteiger partial charge in [-0.05, 0) is 31.4 Å². The minimum Gasteiger partial charge on any atom is -0.352 e. The highest BCUT2D eigenvalue weighted by atomic mass is 32.1. The number of thiophene rings is 1. The lowest BCUT2D eigenvalue weighted by atomic mass is 10.00. The number of hydrogen-bond acceptors (Lipinski definition) is 3. The lowest BCUT2D eigenvalue weighted by Crippen LogP contribution is -2.39. The van der Waals surface area contributed by atoms with E-state index in [2.05, 4.69) is 17.5 Å². The second kappa shape index (κ2) is 5.04. The molecule has 21 heavy (non-hydrogen) atoms. The summed E-state index contributed by atoms with van der Waals surface area (Å²) in [5.41, 5.74) is 3.66. The molecule has 1 unspecified atom stereocenters. The number of nitrogens with zero attached hydrogens (tertiary/aromatic N) is 1. The van der Waals surface area contributed by atoms with Gasteiger partial charge in [-0.1, -0.05) is 24.3 Å². The standard InChI is InChI=1S/C17H16N2OS/c20-17-13-10-21-11-15(13)18-14-8-4-5-9-16(14)19(17)12-6-2-1-3-7-12/h2,4-6,8-12,18H,1,3,7H2. The number of fused-ring (bicyclic) bond motifs is 2. The van der Waals surface area contributed by atoms with Crippen molar-refractivity contribution >= 4 is 34.3 Å². The first-order chi connectivity index (χ1) is 10.3. The van der Waals surface area contributed by atoms with E-state index in [1.807, 2.05) is 39.9 Å². The second-order valence-corrected chi connectivity index (χ2v) is 6.19. The molecule has 2 heterocycles. The van der Waals surface area contributed by atoms with Crippen molar-refractivity contribution in [2.45, 2.75) is 25.3 Å². The Labute approximate surface area is 127 Å². The first-order valence-corrected chi connectivity index (χ1v) is 8.21. The molecule has 1 aliphatic heterocycles. The van der Waals surface area contributed by atoms with Crippen LogP contribution in [0.2, 0.25) is 0 Å². The third-order valence-electron chi connectivity index (χ3n) is 4.10. The summed E-state index contributed by atoms with van der Waals surface area (Å²) in [6.45, 7) is 0. The Morgan fingerprint density at radius 1 is 1.19 bits per heavy atom. The normalized spacial score (nSPS) is 20.5. The van der Waals surface area contributed by atoms with E-state index in [1.54, 1.807) is 11.3 Å². The predicted molar refractivity (Wildman–Crippen MR) is 87.6 cm³/mol. The van der Waals surface area contributed by atoms with Crippen LogP contribution >= 0.6 is 11.3 Å². The fourth-order valence-electron chi connectivity index (χ4n) is 3.07. The minimum atomic E-state index is 0.0975. The van der Waals surface area contributed by atoms with E-state index < -0.39 is 0 Å². The van der Waals surface area contributed by atoms with Crippen LogP contribution in [0.4, 0.5) is 17.1 Å². The molecule has 4 rings (SSSR count). The van der Waals surface area contributed by atoms with Crippen molar-refractivity contribution in [1.29, 1.82) is 0 Å². The van der Waals surface area contributed by atoms with Crippen LogP contribution in [0, 0.1) is 0 Å². The van der Waals surface area contributed by atoms with Gasteiger partial charge >= 0.3 is 0 Å². The molecule has 1 amide bonds. The molecule has 1 aliphatic carbocycles. The molecule has 106 valence electrons. The number of anilines is 3. The summed E-state index contributed by atoms with van der Waals surface area (Å²) in [4.78, 5) is 15.0. The van der Waals surface area contributed by atoms with E-state index in [9.17, 15) is 4.79 Å². The van der Waals surface area contributed by atoms with Gasteiger partial charge in [0.1, 0.15) is 0 Å². The molecule has 1 atom stereocenters. The molecule has 2 aromatic rings. The van der Waals surface area contributed by atoms with Crippen LogP contribution in [0.3, 0.4) is 0 Å². The number of rotatable bonds is 1. The molecule has 0 saturated carbocycles. The topological polar surface area (TPSA) is 32.3 Å². The first kappa shape index (κ1) is 12.7. The molecule has 1 aromatic heterocycles. The summed E-state index contributed by atoms with van der Waals surface area (Å²) in [5.74, 6) is 0.0975. The van der Waals surface area contributed by atoms with E-state index in [-0.39, 0.29) is 11.9 Å². The van der Waals surface area contributed by atoms with Gasteiger partial charge in [0.05, 0.1) is 28.7 Å². The van der Waals surface area contributed by atoms with Gasteiger partial charge in [0.2, 0.25) is 0 Å². The third kappa shape index (κ3) is 2.07. The maximum Gasteiger partial charge on any atom is 0.261 e. The quantitative estimate of drug-likeness (QED) is 0.782. The third-order valence-corrected chi connectivity index (χ3v) is 4.85. The van der Waals surface area contributed by atoms with Crippen LogP contribution in [-0.4, -0.2) is 11.9 Å². The fraction of sp³-hybridized carbons (Fsp3) is 0.235. The monoisotopic (exact) mass is 296 g/mol. The van der Waals surface area contributed by atoms with Gasteiger partial charge in [-0.15, -0.1) is 11.3 Å². The summed E-state index contributed by atoms with van der Waals surface area (Å²) >= 11 is 1.56. The molecule has 1 N–H and O–H groups in total. The van der Waals surface area contributed by atoms with E-state index in [4.69, 9.17) is 0 Å². The number of hydrogen-bond donors (Lipinski definition) is 1. The van der Waals surface area contributed by atoms with Gasteiger partial charge in [-0.2, -0.15) is 0 Å². The van der Waals surface area contributed by atoms with Crippen molar-refractivity contribution in [2.24, 2.45) is 0 Å². The average molecular weight is 296 g/mol. The van der Waals surface area contributed by atoms with Gasteiger partial charge in [0.15, 0.2) is 0 Å². The molecule has 2 aliphatic rings. The minimum absolute atomic E-state index is 0.0975. The Balaban J connectivity index is 1.88. The second-order valence-electron chi connectivity index (χ2n) is 5.44. The maximum absolute atomic E-state index is 13.0. The Bertz CT molecular complexity index is 719. The largest absolute Gasteiger partial charge is 0.352 e. The number of amides is 1. The first-order valence-electron chi connectivity index (χ1n) is 7.27. The predicted octanol–water partition coefficient (Wildman–Crippen LogP) is 4.56. The van der Waals surface area contributed by atoms with Crippen molar-refractivity contribution in [3.63, 3.8) is 0 Å². The van der Waals surface area contributed by atoms with Crippen LogP contribution in [0.15, 0.2) is 47.2 Å². The Kier molecular flexibility index (Phi) is 3.04. The molecule has 0 fully saturated rings. The molecule has 0 saturated heterocycles. The Morgan fingerprint density at radius 3 is 2.95 bits per heavy atom. The van der Waals surface area contributed by atoms with Crippen LogP contribution in [0.5, 0.6) is 0 Å². The number of nitrogens with one attached hydrogen (secondary N) is 1. The van der Waals surface area contributed by atoms with E-state index in [0.29, 0.717) is 0 Å². The molecule has 0 bridgehead atoms. The van der Waals surface area contributed by atoms with Crippen LogP contribution in [0.25, 0.3) is 0 Å². The van der Waals surface area contributed by atoms with Crippen molar-refractivity contribution in [3.8, 4) is 0 Å². The zero-order valence-corrected chi connectivity index (χ0v) is 12.4. The maximum atomic E-state index is 13.0. The molecule has 4 heteroatoms. The van der Waals surface area contributed by atoms with Gasteiger partial charge in [-0.3, -0.25) is 9.69 Å². The van der Waals surface area contributed by atoms with Crippen molar-refractivity contribution < 1.29 is 4.79 Å². The van der Waals surface area contributed by atoms with Crippen LogP contribution in [-0.2, 0) is 0 Å². The summed E-state index contributed by atoms with van der Waals surface area (Å²) in [5, 5.41) is 7.35. The summed E-state index contributed by atoms with van der Waals surface area (Å²) in [6.07, 6.45) is 7.64. The van der Waals surface area contributed by atoms with E-state index >= 15 is 0 Å². The van der Waals surface area contributed by atoms with E-state index in [0.717, 1.165) is 41.9 Å². The fourth-order valence-corrected chi connectivity index (χ4v) is 3.83. The average Bonchev–Trinajstić information content (AvgIpc) is 2.94. The molecule has 1 aromatic carbocycles. The highest BCUT2D eigenvalue weighted by Crippen LogP contribution is 2.39. The van der Waals surface area contributed by atoms with Crippen molar-refractivity contribution in [1.82, 2.24) is 0 Å². The highest BCUT2D eigenvalue weighted by molar-refractivity contribution is 7.08. The lowest BCUT2D eigenvalue weighted by molar-refractivity contribution is 0.0981. The summed E-state index contributed by atoms with van der Waals surface area (Å²) < 4.78 is 0. The number of allylic oxidation sites excluding steroid dienone is 1. The van der Waals surface area contributed by atoms with Crippen LogP contribution in [0.1, 0.15) is 29.6 Å².